The first kappa shape index (κ1) is 15.5. The number of fused-ring (bicyclic) bond motifs is 1. The van der Waals surface area contributed by atoms with Crippen LogP contribution in [0.15, 0.2) is 59.0 Å². The van der Waals surface area contributed by atoms with Crippen molar-refractivity contribution in [1.29, 1.82) is 0 Å². The molecule has 0 aliphatic rings. The molecule has 3 rings (SSSR count). The summed E-state index contributed by atoms with van der Waals surface area (Å²) in [7, 11) is 1.31. The Balaban J connectivity index is 1.65. The second-order valence-corrected chi connectivity index (χ2v) is 4.91. The number of esters is 1. The van der Waals surface area contributed by atoms with E-state index < -0.39 is 5.97 Å². The van der Waals surface area contributed by atoms with Crippen molar-refractivity contribution in [2.24, 2.45) is 0 Å². The van der Waals surface area contributed by atoms with Crippen LogP contribution < -0.4 is 5.32 Å². The van der Waals surface area contributed by atoms with Crippen molar-refractivity contribution >= 4 is 34.7 Å². The monoisotopic (exact) mass is 322 g/mol. The highest BCUT2D eigenvalue weighted by atomic mass is 16.5. The van der Waals surface area contributed by atoms with Gasteiger partial charge in [0.1, 0.15) is 5.52 Å². The number of nitrogens with zero attached hydrogens (tertiary/aromatic N) is 1. The van der Waals surface area contributed by atoms with E-state index in [1.54, 1.807) is 24.3 Å². The maximum absolute atomic E-state index is 11.9. The fourth-order valence-electron chi connectivity index (χ4n) is 2.10. The van der Waals surface area contributed by atoms with Gasteiger partial charge in [-0.15, -0.1) is 0 Å². The first-order chi connectivity index (χ1) is 11.7. The van der Waals surface area contributed by atoms with Crippen LogP contribution in [-0.4, -0.2) is 24.0 Å². The predicted octanol–water partition coefficient (Wildman–Crippen LogP) is 3.27. The zero-order valence-corrected chi connectivity index (χ0v) is 12.9. The quantitative estimate of drug-likeness (QED) is 0.589. The van der Waals surface area contributed by atoms with E-state index in [-0.39, 0.29) is 5.91 Å². The molecule has 0 spiro atoms. The summed E-state index contributed by atoms with van der Waals surface area (Å²) in [5.41, 5.74) is 2.37. The van der Waals surface area contributed by atoms with Gasteiger partial charge in [0, 0.05) is 17.8 Å². The van der Waals surface area contributed by atoms with Crippen LogP contribution in [0, 0.1) is 0 Å². The number of aromatic nitrogens is 1. The number of amides is 1. The second-order valence-electron chi connectivity index (χ2n) is 4.91. The molecule has 2 aromatic carbocycles. The van der Waals surface area contributed by atoms with Crippen LogP contribution in [0.2, 0.25) is 0 Å². The van der Waals surface area contributed by atoms with Gasteiger partial charge in [-0.05, 0) is 36.4 Å². The average molecular weight is 322 g/mol. The number of para-hydroxylation sites is 2. The number of ether oxygens (including phenoxy) is 1. The molecule has 0 radical (unpaired) electrons. The molecule has 0 atom stereocenters. The lowest BCUT2D eigenvalue weighted by atomic mass is 10.2. The van der Waals surface area contributed by atoms with Crippen LogP contribution in [0.3, 0.4) is 0 Å². The summed E-state index contributed by atoms with van der Waals surface area (Å²) in [4.78, 5) is 27.5. The first-order valence-electron chi connectivity index (χ1n) is 7.19. The number of nitrogens with one attached hydrogen (secondary N) is 1. The summed E-state index contributed by atoms with van der Waals surface area (Å²) in [6, 6.07) is 13.8. The Hall–Kier alpha value is -3.41. The molecule has 0 fully saturated rings. The van der Waals surface area contributed by atoms with E-state index in [4.69, 9.17) is 4.42 Å². The number of hydrogen-bond acceptors (Lipinski definition) is 5. The highest BCUT2D eigenvalue weighted by Gasteiger charge is 2.06. The smallest absolute Gasteiger partial charge is 0.337 e. The maximum atomic E-state index is 11.9. The third kappa shape index (κ3) is 3.49. The fraction of sp³-hybridized carbons (Fsp3) is 0.0556. The summed E-state index contributed by atoms with van der Waals surface area (Å²) in [6.07, 6.45) is 2.83. The summed E-state index contributed by atoms with van der Waals surface area (Å²) in [5, 5.41) is 2.68. The van der Waals surface area contributed by atoms with E-state index in [9.17, 15) is 9.59 Å². The van der Waals surface area contributed by atoms with E-state index in [2.05, 4.69) is 15.0 Å². The van der Waals surface area contributed by atoms with E-state index >= 15 is 0 Å². The number of rotatable bonds is 4. The van der Waals surface area contributed by atoms with Crippen molar-refractivity contribution in [1.82, 2.24) is 4.98 Å². The minimum atomic E-state index is -0.427. The second kappa shape index (κ2) is 6.78. The van der Waals surface area contributed by atoms with Gasteiger partial charge >= 0.3 is 5.97 Å². The molecule has 6 heteroatoms. The zero-order chi connectivity index (χ0) is 16.9. The molecule has 0 aliphatic heterocycles. The number of carbonyl (C=O) groups excluding carboxylic acids is 2. The Morgan fingerprint density at radius 2 is 1.88 bits per heavy atom. The summed E-state index contributed by atoms with van der Waals surface area (Å²) in [6.45, 7) is 0. The van der Waals surface area contributed by atoms with Crippen molar-refractivity contribution < 1.29 is 18.7 Å². The molecular weight excluding hydrogens is 308 g/mol. The van der Waals surface area contributed by atoms with Gasteiger partial charge in [-0.1, -0.05) is 12.1 Å². The van der Waals surface area contributed by atoms with Gasteiger partial charge in [0.25, 0.3) is 0 Å². The van der Waals surface area contributed by atoms with E-state index in [0.717, 1.165) is 5.52 Å². The minimum Gasteiger partial charge on any atom is -0.465 e. The number of methoxy groups -OCH3 is 1. The van der Waals surface area contributed by atoms with Gasteiger partial charge < -0.3 is 14.5 Å². The number of benzene rings is 2. The third-order valence-electron chi connectivity index (χ3n) is 3.26. The Morgan fingerprint density at radius 1 is 1.12 bits per heavy atom. The van der Waals surface area contributed by atoms with Crippen molar-refractivity contribution in [2.75, 3.05) is 12.4 Å². The Bertz CT molecular complexity index is 877. The largest absolute Gasteiger partial charge is 0.465 e. The Morgan fingerprint density at radius 3 is 2.58 bits per heavy atom. The molecule has 24 heavy (non-hydrogen) atoms. The predicted molar refractivity (Wildman–Crippen MR) is 89.5 cm³/mol. The molecular formula is C18H14N2O4. The van der Waals surface area contributed by atoms with Crippen molar-refractivity contribution in [3.05, 3.63) is 66.1 Å². The van der Waals surface area contributed by atoms with E-state index in [0.29, 0.717) is 22.7 Å². The molecule has 0 aliphatic carbocycles. The van der Waals surface area contributed by atoms with Crippen LogP contribution in [0.25, 0.3) is 17.2 Å². The van der Waals surface area contributed by atoms with E-state index in [1.165, 1.54) is 19.3 Å². The third-order valence-corrected chi connectivity index (χ3v) is 3.26. The highest BCUT2D eigenvalue weighted by Crippen LogP contribution is 2.15. The van der Waals surface area contributed by atoms with Gasteiger partial charge in [0.05, 0.1) is 12.7 Å². The molecule has 3 aromatic rings. The van der Waals surface area contributed by atoms with Crippen molar-refractivity contribution in [2.45, 2.75) is 0 Å². The SMILES string of the molecule is COC(=O)c1ccc(NC(=O)C=Cc2nc3ccccc3o2)cc1. The lowest BCUT2D eigenvalue weighted by molar-refractivity contribution is -0.111. The zero-order valence-electron chi connectivity index (χ0n) is 12.9. The molecule has 0 bridgehead atoms. The summed E-state index contributed by atoms with van der Waals surface area (Å²) >= 11 is 0. The van der Waals surface area contributed by atoms with Gasteiger partial charge in [-0.25, -0.2) is 9.78 Å². The van der Waals surface area contributed by atoms with Crippen molar-refractivity contribution in [3.8, 4) is 0 Å². The molecule has 1 heterocycles. The first-order valence-corrected chi connectivity index (χ1v) is 7.19. The summed E-state index contributed by atoms with van der Waals surface area (Å²) in [5.74, 6) is -0.404. The lowest BCUT2D eigenvalue weighted by Crippen LogP contribution is -2.08. The van der Waals surface area contributed by atoms with Gasteiger partial charge in [-0.2, -0.15) is 0 Å². The minimum absolute atomic E-state index is 0.330. The lowest BCUT2D eigenvalue weighted by Gasteiger charge is -2.03. The molecule has 6 nitrogen and oxygen atoms in total. The van der Waals surface area contributed by atoms with Crippen LogP contribution >= 0.6 is 0 Å². The van der Waals surface area contributed by atoms with Gasteiger partial charge in [0.2, 0.25) is 11.8 Å². The Labute approximate surface area is 137 Å². The number of carbonyl (C=O) groups is 2. The van der Waals surface area contributed by atoms with Gasteiger partial charge in [-0.3, -0.25) is 4.79 Å². The number of hydrogen-bond donors (Lipinski definition) is 1. The van der Waals surface area contributed by atoms with Crippen molar-refractivity contribution in [3.63, 3.8) is 0 Å². The van der Waals surface area contributed by atoms with Gasteiger partial charge in [0.15, 0.2) is 5.58 Å². The van der Waals surface area contributed by atoms with Crippen LogP contribution in [-0.2, 0) is 9.53 Å². The van der Waals surface area contributed by atoms with Crippen LogP contribution in [0.1, 0.15) is 16.2 Å². The molecule has 0 saturated carbocycles. The molecule has 120 valence electrons. The van der Waals surface area contributed by atoms with Crippen LogP contribution in [0.4, 0.5) is 5.69 Å². The number of anilines is 1. The normalized spacial score (nSPS) is 10.9. The highest BCUT2D eigenvalue weighted by molar-refractivity contribution is 6.02. The molecule has 0 saturated heterocycles. The average Bonchev–Trinajstić information content (AvgIpc) is 3.03. The summed E-state index contributed by atoms with van der Waals surface area (Å²) < 4.78 is 10.1. The molecule has 1 aromatic heterocycles. The fourth-order valence-corrected chi connectivity index (χ4v) is 2.10. The van der Waals surface area contributed by atoms with Crippen LogP contribution in [0.5, 0.6) is 0 Å². The standard InChI is InChI=1S/C18H14N2O4/c1-23-18(22)12-6-8-13(9-7-12)19-16(21)10-11-17-20-14-4-2-3-5-15(14)24-17/h2-11H,1H3,(H,19,21). The molecule has 1 amide bonds. The van der Waals surface area contributed by atoms with E-state index in [1.807, 2.05) is 24.3 Å². The topological polar surface area (TPSA) is 81.4 Å². The molecule has 1 N–H and O–H groups in total. The molecule has 0 unspecified atom stereocenters. The maximum Gasteiger partial charge on any atom is 0.337 e. The number of oxazole rings is 1. The Kier molecular flexibility index (Phi) is 4.38.